The van der Waals surface area contributed by atoms with Crippen molar-refractivity contribution < 1.29 is 14.6 Å². The Labute approximate surface area is 154 Å². The van der Waals surface area contributed by atoms with E-state index in [0.29, 0.717) is 19.7 Å². The molecule has 136 valence electrons. The Kier molecular flexibility index (Phi) is 6.47. The van der Waals surface area contributed by atoms with Gasteiger partial charge in [0.15, 0.2) is 0 Å². The predicted octanol–water partition coefficient (Wildman–Crippen LogP) is 3.56. The van der Waals surface area contributed by atoms with Crippen molar-refractivity contribution in [2.75, 3.05) is 26.3 Å². The van der Waals surface area contributed by atoms with Crippen molar-refractivity contribution in [3.8, 4) is 11.5 Å². The van der Waals surface area contributed by atoms with Gasteiger partial charge in [-0.3, -0.25) is 0 Å². The second kappa shape index (κ2) is 9.22. The molecule has 0 radical (unpaired) electrons. The molecule has 0 saturated carbocycles. The summed E-state index contributed by atoms with van der Waals surface area (Å²) in [6, 6.07) is 22.0. The Balaban J connectivity index is 1.38. The third-order valence-corrected chi connectivity index (χ3v) is 4.19. The molecule has 0 saturated heterocycles. The largest absolute Gasteiger partial charge is 0.492 e. The van der Waals surface area contributed by atoms with E-state index in [2.05, 4.69) is 17.4 Å². The van der Waals surface area contributed by atoms with E-state index in [1.807, 2.05) is 61.5 Å². The van der Waals surface area contributed by atoms with E-state index < -0.39 is 6.10 Å². The second-order valence-corrected chi connectivity index (χ2v) is 6.26. The van der Waals surface area contributed by atoms with Crippen LogP contribution in [0.2, 0.25) is 0 Å². The summed E-state index contributed by atoms with van der Waals surface area (Å²) in [4.78, 5) is 0. The minimum atomic E-state index is -0.576. The number of aliphatic hydroxyl groups is 1. The molecule has 0 fully saturated rings. The monoisotopic (exact) mass is 351 g/mol. The van der Waals surface area contributed by atoms with Crippen LogP contribution in [-0.4, -0.2) is 37.5 Å². The Morgan fingerprint density at radius 3 is 2.50 bits per heavy atom. The lowest BCUT2D eigenvalue weighted by Crippen LogP contribution is -2.33. The minimum absolute atomic E-state index is 0.250. The van der Waals surface area contributed by atoms with Gasteiger partial charge in [-0.05, 0) is 30.0 Å². The maximum absolute atomic E-state index is 10.1. The molecule has 0 aliphatic rings. The smallest absolute Gasteiger partial charge is 0.127 e. The third-order valence-electron chi connectivity index (χ3n) is 4.19. The number of aliphatic hydroxyl groups excluding tert-OH is 1. The van der Waals surface area contributed by atoms with Gasteiger partial charge in [0.2, 0.25) is 0 Å². The molecule has 0 bridgehead atoms. The number of rotatable bonds is 9. The van der Waals surface area contributed by atoms with Crippen molar-refractivity contribution in [2.45, 2.75) is 13.0 Å². The van der Waals surface area contributed by atoms with Gasteiger partial charge in [-0.25, -0.2) is 0 Å². The van der Waals surface area contributed by atoms with Crippen LogP contribution in [0, 0.1) is 6.92 Å². The fraction of sp³-hybridized carbons (Fsp3) is 0.273. The SMILES string of the molecule is Cc1ccccc1OCCNCC(O)COc1cccc2ccccc12. The molecule has 2 N–H and O–H groups in total. The quantitative estimate of drug-likeness (QED) is 0.579. The molecule has 3 aromatic rings. The van der Waals surface area contributed by atoms with E-state index in [-0.39, 0.29) is 6.61 Å². The third kappa shape index (κ3) is 4.97. The first kappa shape index (κ1) is 18.2. The zero-order valence-corrected chi connectivity index (χ0v) is 15.0. The van der Waals surface area contributed by atoms with Gasteiger partial charge in [-0.2, -0.15) is 0 Å². The lowest BCUT2D eigenvalue weighted by molar-refractivity contribution is 0.106. The average molecular weight is 351 g/mol. The number of hydrogen-bond donors (Lipinski definition) is 2. The molecule has 1 unspecified atom stereocenters. The van der Waals surface area contributed by atoms with Crippen LogP contribution >= 0.6 is 0 Å². The molecule has 3 aromatic carbocycles. The summed E-state index contributed by atoms with van der Waals surface area (Å²) in [6.45, 7) is 3.96. The molecule has 0 aromatic heterocycles. The Bertz CT molecular complexity index is 829. The number of para-hydroxylation sites is 1. The Morgan fingerprint density at radius 1 is 0.885 bits per heavy atom. The van der Waals surface area contributed by atoms with Crippen LogP contribution in [0.5, 0.6) is 11.5 Å². The Morgan fingerprint density at radius 2 is 1.62 bits per heavy atom. The molecule has 0 amide bonds. The van der Waals surface area contributed by atoms with Crippen LogP contribution in [0.1, 0.15) is 5.56 Å². The zero-order valence-electron chi connectivity index (χ0n) is 15.0. The van der Waals surface area contributed by atoms with E-state index in [4.69, 9.17) is 9.47 Å². The van der Waals surface area contributed by atoms with Gasteiger partial charge < -0.3 is 19.9 Å². The summed E-state index contributed by atoms with van der Waals surface area (Å²) in [7, 11) is 0. The lowest BCUT2D eigenvalue weighted by Gasteiger charge is -2.15. The molecule has 0 aliphatic carbocycles. The fourth-order valence-corrected chi connectivity index (χ4v) is 2.79. The fourth-order valence-electron chi connectivity index (χ4n) is 2.79. The number of ether oxygens (including phenoxy) is 2. The molecule has 0 aliphatic heterocycles. The van der Waals surface area contributed by atoms with Crippen molar-refractivity contribution >= 4 is 10.8 Å². The van der Waals surface area contributed by atoms with Crippen molar-refractivity contribution in [1.29, 1.82) is 0 Å². The molecule has 4 heteroatoms. The summed E-state index contributed by atoms with van der Waals surface area (Å²) >= 11 is 0. The summed E-state index contributed by atoms with van der Waals surface area (Å²) in [5.41, 5.74) is 1.12. The molecule has 0 spiro atoms. The highest BCUT2D eigenvalue weighted by Crippen LogP contribution is 2.25. The normalized spacial score (nSPS) is 12.1. The number of benzene rings is 3. The van der Waals surface area contributed by atoms with Gasteiger partial charge in [0, 0.05) is 18.5 Å². The summed E-state index contributed by atoms with van der Waals surface area (Å²) in [6.07, 6.45) is -0.576. The highest BCUT2D eigenvalue weighted by Gasteiger charge is 2.07. The van der Waals surface area contributed by atoms with Gasteiger partial charge in [0.25, 0.3) is 0 Å². The lowest BCUT2D eigenvalue weighted by atomic mass is 10.1. The topological polar surface area (TPSA) is 50.7 Å². The van der Waals surface area contributed by atoms with Crippen molar-refractivity contribution in [2.24, 2.45) is 0 Å². The van der Waals surface area contributed by atoms with Crippen LogP contribution < -0.4 is 14.8 Å². The molecular formula is C22H25NO3. The van der Waals surface area contributed by atoms with Crippen molar-refractivity contribution in [3.63, 3.8) is 0 Å². The number of fused-ring (bicyclic) bond motifs is 1. The van der Waals surface area contributed by atoms with Gasteiger partial charge in [-0.1, -0.05) is 54.6 Å². The number of aryl methyl sites for hydroxylation is 1. The van der Waals surface area contributed by atoms with Gasteiger partial charge in [-0.15, -0.1) is 0 Å². The maximum atomic E-state index is 10.1. The minimum Gasteiger partial charge on any atom is -0.492 e. The highest BCUT2D eigenvalue weighted by atomic mass is 16.5. The Hall–Kier alpha value is -2.56. The first-order valence-corrected chi connectivity index (χ1v) is 8.92. The second-order valence-electron chi connectivity index (χ2n) is 6.26. The van der Waals surface area contributed by atoms with E-state index in [1.165, 1.54) is 0 Å². The van der Waals surface area contributed by atoms with Crippen LogP contribution in [0.3, 0.4) is 0 Å². The van der Waals surface area contributed by atoms with Crippen LogP contribution in [0.4, 0.5) is 0 Å². The van der Waals surface area contributed by atoms with E-state index in [1.54, 1.807) is 0 Å². The average Bonchev–Trinajstić information content (AvgIpc) is 2.67. The standard InChI is InChI=1S/C22H25NO3/c1-17-7-2-5-11-21(17)25-14-13-23-15-19(24)16-26-22-12-6-9-18-8-3-4-10-20(18)22/h2-12,19,23-24H,13-16H2,1H3. The summed E-state index contributed by atoms with van der Waals surface area (Å²) in [5.74, 6) is 1.69. The molecule has 3 rings (SSSR count). The molecule has 26 heavy (non-hydrogen) atoms. The first-order chi connectivity index (χ1) is 12.7. The molecular weight excluding hydrogens is 326 g/mol. The number of hydrogen-bond acceptors (Lipinski definition) is 4. The first-order valence-electron chi connectivity index (χ1n) is 8.92. The van der Waals surface area contributed by atoms with Crippen LogP contribution in [0.25, 0.3) is 10.8 Å². The molecule has 4 nitrogen and oxygen atoms in total. The maximum Gasteiger partial charge on any atom is 0.127 e. The summed E-state index contributed by atoms with van der Waals surface area (Å²) in [5, 5.41) is 15.5. The number of nitrogens with one attached hydrogen (secondary N) is 1. The van der Waals surface area contributed by atoms with Crippen LogP contribution in [-0.2, 0) is 0 Å². The molecule has 0 heterocycles. The van der Waals surface area contributed by atoms with E-state index in [0.717, 1.165) is 27.8 Å². The highest BCUT2D eigenvalue weighted by molar-refractivity contribution is 5.88. The van der Waals surface area contributed by atoms with Crippen molar-refractivity contribution in [3.05, 3.63) is 72.3 Å². The van der Waals surface area contributed by atoms with Crippen LogP contribution in [0.15, 0.2) is 66.7 Å². The van der Waals surface area contributed by atoms with E-state index >= 15 is 0 Å². The van der Waals surface area contributed by atoms with Gasteiger partial charge in [0.05, 0.1) is 0 Å². The zero-order chi connectivity index (χ0) is 18.2. The van der Waals surface area contributed by atoms with Crippen molar-refractivity contribution in [1.82, 2.24) is 5.32 Å². The predicted molar refractivity (Wildman–Crippen MR) is 105 cm³/mol. The molecule has 1 atom stereocenters. The van der Waals surface area contributed by atoms with Gasteiger partial charge in [0.1, 0.15) is 30.8 Å². The van der Waals surface area contributed by atoms with Gasteiger partial charge >= 0.3 is 0 Å². The van der Waals surface area contributed by atoms with E-state index in [9.17, 15) is 5.11 Å². The summed E-state index contributed by atoms with van der Waals surface area (Å²) < 4.78 is 11.5.